The molecule has 0 radical (unpaired) electrons. The molecule has 0 amide bonds. The van der Waals surface area contributed by atoms with Gasteiger partial charge in [-0.05, 0) is 30.7 Å². The van der Waals surface area contributed by atoms with E-state index in [4.69, 9.17) is 9.73 Å². The molecule has 1 fully saturated rings. The van der Waals surface area contributed by atoms with Gasteiger partial charge < -0.3 is 9.72 Å². The first-order chi connectivity index (χ1) is 20.7. The molecule has 1 saturated heterocycles. The summed E-state index contributed by atoms with van der Waals surface area (Å²) < 4.78 is 82.3. The second-order valence-electron chi connectivity index (χ2n) is 10.9. The van der Waals surface area contributed by atoms with E-state index in [1.54, 1.807) is 36.0 Å². The molecule has 1 N–H and O–H groups in total. The highest BCUT2D eigenvalue weighted by Gasteiger charge is 2.30. The van der Waals surface area contributed by atoms with Crippen LogP contribution in [-0.2, 0) is 29.9 Å². The third-order valence-electron chi connectivity index (χ3n) is 7.42. The SMILES string of the molecule is CN(c1cc(OCCCS(C)(=O)=O)cc2cc(C3=NCC(CN4CCN(S(C)(=O)=O)CC4)S3)[nH]c12)S(=O)(=O)c1ccccn1. The van der Waals surface area contributed by atoms with Crippen LogP contribution >= 0.6 is 11.8 Å². The van der Waals surface area contributed by atoms with Crippen molar-refractivity contribution in [3.05, 3.63) is 48.3 Å². The van der Waals surface area contributed by atoms with Crippen LogP contribution < -0.4 is 9.04 Å². The van der Waals surface area contributed by atoms with E-state index in [1.807, 2.05) is 6.07 Å². The molecule has 240 valence electrons. The minimum absolute atomic E-state index is 0.0179. The van der Waals surface area contributed by atoms with Crippen LogP contribution in [0.2, 0.25) is 0 Å². The van der Waals surface area contributed by atoms with E-state index in [1.165, 1.54) is 36.1 Å². The maximum absolute atomic E-state index is 13.5. The smallest absolute Gasteiger partial charge is 0.281 e. The molecule has 13 nitrogen and oxygen atoms in total. The van der Waals surface area contributed by atoms with Crippen LogP contribution in [0.1, 0.15) is 12.1 Å². The van der Waals surface area contributed by atoms with Crippen LogP contribution in [0.4, 0.5) is 5.69 Å². The average molecular weight is 685 g/mol. The lowest BCUT2D eigenvalue weighted by atomic mass is 10.2. The number of thioether (sulfide) groups is 1. The number of sulfone groups is 1. The lowest BCUT2D eigenvalue weighted by molar-refractivity contribution is 0.190. The molecule has 2 aliphatic heterocycles. The molecule has 1 atom stereocenters. The summed E-state index contributed by atoms with van der Waals surface area (Å²) in [7, 11) is -8.88. The Morgan fingerprint density at radius 1 is 1.05 bits per heavy atom. The number of piperazine rings is 1. The van der Waals surface area contributed by atoms with Crippen LogP contribution in [0.5, 0.6) is 5.75 Å². The first kappa shape index (κ1) is 32.7. The molecule has 0 aliphatic carbocycles. The van der Waals surface area contributed by atoms with Crippen molar-refractivity contribution in [3.8, 4) is 5.75 Å². The van der Waals surface area contributed by atoms with Gasteiger partial charge in [0.05, 0.1) is 42.1 Å². The van der Waals surface area contributed by atoms with E-state index >= 15 is 0 Å². The van der Waals surface area contributed by atoms with Gasteiger partial charge in [0.25, 0.3) is 10.0 Å². The molecule has 1 unspecified atom stereocenters. The standard InChI is InChI=1S/C27H36N6O7S4/c1-31(44(38,39)25-7-4-5-8-28-25)24-17-21(40-13-6-14-42(2,34)35)15-20-16-23(30-26(20)24)27-29-18-22(41-27)19-32-9-11-33(12-10-32)43(3,36)37/h4-5,7-8,15-17,22,30H,6,9-14,18-19H2,1-3H3. The zero-order chi connectivity index (χ0) is 31.7. The van der Waals surface area contributed by atoms with Crippen molar-refractivity contribution in [3.63, 3.8) is 0 Å². The number of aromatic amines is 1. The van der Waals surface area contributed by atoms with Crippen molar-refractivity contribution < 1.29 is 30.0 Å². The van der Waals surface area contributed by atoms with Crippen molar-refractivity contribution in [1.29, 1.82) is 0 Å². The number of nitrogens with zero attached hydrogens (tertiary/aromatic N) is 5. The van der Waals surface area contributed by atoms with Gasteiger partial charge in [-0.15, -0.1) is 0 Å². The van der Waals surface area contributed by atoms with Crippen molar-refractivity contribution >= 4 is 63.3 Å². The molecule has 5 rings (SSSR count). The largest absolute Gasteiger partial charge is 0.493 e. The number of aliphatic imine (C=N–C) groups is 1. The third kappa shape index (κ3) is 7.74. The number of rotatable bonds is 12. The Kier molecular flexibility index (Phi) is 9.63. The molecular weight excluding hydrogens is 649 g/mol. The van der Waals surface area contributed by atoms with E-state index in [9.17, 15) is 25.3 Å². The number of aromatic nitrogens is 2. The van der Waals surface area contributed by atoms with Gasteiger partial charge in [-0.1, -0.05) is 17.8 Å². The van der Waals surface area contributed by atoms with Crippen LogP contribution in [0, 0.1) is 0 Å². The van der Waals surface area contributed by atoms with Gasteiger partial charge in [-0.3, -0.25) is 14.2 Å². The summed E-state index contributed by atoms with van der Waals surface area (Å²) in [6.45, 7) is 3.81. The lowest BCUT2D eigenvalue weighted by Gasteiger charge is -2.34. The number of H-pyrrole nitrogens is 1. The van der Waals surface area contributed by atoms with E-state index in [0.717, 1.165) is 21.6 Å². The third-order valence-corrected chi connectivity index (χ3v) is 12.6. The maximum Gasteiger partial charge on any atom is 0.281 e. The zero-order valence-corrected chi connectivity index (χ0v) is 28.0. The predicted octanol–water partition coefficient (Wildman–Crippen LogP) is 1.64. The van der Waals surface area contributed by atoms with Crippen LogP contribution in [0.3, 0.4) is 0 Å². The van der Waals surface area contributed by atoms with Gasteiger partial charge >= 0.3 is 0 Å². The normalized spacial score (nSPS) is 18.9. The summed E-state index contributed by atoms with van der Waals surface area (Å²) in [4.78, 5) is 14.4. The first-order valence-corrected chi connectivity index (χ1v) is 20.2. The average Bonchev–Trinajstić information content (AvgIpc) is 3.61. The molecule has 0 spiro atoms. The van der Waals surface area contributed by atoms with Gasteiger partial charge in [-0.2, -0.15) is 12.7 Å². The van der Waals surface area contributed by atoms with Crippen molar-refractivity contribution in [2.75, 3.05) is 75.5 Å². The number of sulfonamides is 2. The quantitative estimate of drug-likeness (QED) is 0.278. The van der Waals surface area contributed by atoms with Crippen LogP contribution in [0.25, 0.3) is 10.9 Å². The second-order valence-corrected chi connectivity index (χ2v) is 18.4. The van der Waals surface area contributed by atoms with E-state index < -0.39 is 29.9 Å². The molecule has 0 bridgehead atoms. The van der Waals surface area contributed by atoms with Gasteiger partial charge in [0.1, 0.15) is 20.6 Å². The number of ether oxygens (including phenoxy) is 1. The predicted molar refractivity (Wildman–Crippen MR) is 174 cm³/mol. The summed E-state index contributed by atoms with van der Waals surface area (Å²) in [5, 5.41) is 1.61. The number of hydrogen-bond donors (Lipinski definition) is 1. The van der Waals surface area contributed by atoms with Gasteiger partial charge in [0, 0.05) is 68.9 Å². The zero-order valence-electron chi connectivity index (χ0n) is 24.7. The Bertz CT molecular complexity index is 1850. The molecule has 4 heterocycles. The van der Waals surface area contributed by atoms with E-state index in [2.05, 4.69) is 14.9 Å². The molecule has 3 aromatic rings. The van der Waals surface area contributed by atoms with Crippen molar-refractivity contribution in [2.24, 2.45) is 4.99 Å². The molecule has 17 heteroatoms. The van der Waals surface area contributed by atoms with Crippen molar-refractivity contribution in [1.82, 2.24) is 19.2 Å². The Morgan fingerprint density at radius 2 is 1.80 bits per heavy atom. The number of hydrogen-bond acceptors (Lipinski definition) is 11. The molecule has 2 aliphatic rings. The number of nitrogens with one attached hydrogen (secondary N) is 1. The fourth-order valence-electron chi connectivity index (χ4n) is 5.12. The van der Waals surface area contributed by atoms with Gasteiger partial charge in [0.15, 0.2) is 5.03 Å². The Balaban J connectivity index is 1.37. The van der Waals surface area contributed by atoms with Crippen LogP contribution in [0.15, 0.2) is 52.6 Å². The number of anilines is 1. The van der Waals surface area contributed by atoms with Crippen molar-refractivity contribution in [2.45, 2.75) is 16.7 Å². The summed E-state index contributed by atoms with van der Waals surface area (Å²) in [5.41, 5.74) is 1.67. The number of pyridine rings is 1. The monoisotopic (exact) mass is 684 g/mol. The summed E-state index contributed by atoms with van der Waals surface area (Å²) in [6.07, 6.45) is 4.12. The minimum Gasteiger partial charge on any atom is -0.493 e. The molecule has 2 aromatic heterocycles. The van der Waals surface area contributed by atoms with Gasteiger partial charge in [0.2, 0.25) is 10.0 Å². The molecule has 44 heavy (non-hydrogen) atoms. The van der Waals surface area contributed by atoms with E-state index in [-0.39, 0.29) is 22.6 Å². The lowest BCUT2D eigenvalue weighted by Crippen LogP contribution is -2.49. The minimum atomic E-state index is -4.01. The maximum atomic E-state index is 13.5. The van der Waals surface area contributed by atoms with Crippen LogP contribution in [-0.4, -0.2) is 126 Å². The Hall–Kier alpha value is -2.70. The molecule has 1 aromatic carbocycles. The summed E-state index contributed by atoms with van der Waals surface area (Å²) in [5.74, 6) is 0.387. The Morgan fingerprint density at radius 3 is 2.45 bits per heavy atom. The summed E-state index contributed by atoms with van der Waals surface area (Å²) in [6, 6.07) is 9.99. The second kappa shape index (κ2) is 13.0. The summed E-state index contributed by atoms with van der Waals surface area (Å²) >= 11 is 1.63. The highest BCUT2D eigenvalue weighted by Crippen LogP contribution is 2.36. The first-order valence-electron chi connectivity index (χ1n) is 14.0. The van der Waals surface area contributed by atoms with Gasteiger partial charge in [-0.25, -0.2) is 21.8 Å². The fourth-order valence-corrected chi connectivity index (χ4v) is 8.85. The Labute approximate surface area is 262 Å². The highest BCUT2D eigenvalue weighted by molar-refractivity contribution is 8.15. The fraction of sp³-hybridized carbons (Fsp3) is 0.481. The molecular formula is C27H36N6O7S4. The number of fused-ring (bicyclic) bond motifs is 1. The highest BCUT2D eigenvalue weighted by atomic mass is 32.2. The van der Waals surface area contributed by atoms with E-state index in [0.29, 0.717) is 61.5 Å². The molecule has 0 saturated carbocycles. The number of benzene rings is 1. The topological polar surface area (TPSA) is 162 Å².